The van der Waals surface area contributed by atoms with Crippen molar-refractivity contribution >= 4 is 0 Å². The average Bonchev–Trinajstić information content (AvgIpc) is 2.56. The van der Waals surface area contributed by atoms with Crippen molar-refractivity contribution in [3.63, 3.8) is 0 Å². The highest BCUT2D eigenvalue weighted by Gasteiger charge is 2.10. The van der Waals surface area contributed by atoms with E-state index in [9.17, 15) is 0 Å². The molecule has 1 unspecified atom stereocenters. The molecule has 0 amide bonds. The molecular weight excluding hydrogens is 202 g/mol. The molecule has 0 bridgehead atoms. The van der Waals surface area contributed by atoms with Gasteiger partial charge in [0.2, 0.25) is 5.88 Å². The maximum absolute atomic E-state index is 5.90. The van der Waals surface area contributed by atoms with Crippen LogP contribution in [0.1, 0.15) is 32.4 Å². The fourth-order valence-corrected chi connectivity index (χ4v) is 1.58. The Balaban J connectivity index is 2.46. The Hall–Kier alpha value is -1.03. The molecule has 4 heteroatoms. The molecule has 0 aliphatic heterocycles. The second-order valence-corrected chi connectivity index (χ2v) is 4.10. The van der Waals surface area contributed by atoms with Crippen LogP contribution in [0.25, 0.3) is 0 Å². The summed E-state index contributed by atoms with van der Waals surface area (Å²) in [6.45, 7) is 8.22. The number of nitrogens with zero attached hydrogens (tertiary/aromatic N) is 2. The molecule has 1 heterocycles. The van der Waals surface area contributed by atoms with Gasteiger partial charge in [0, 0.05) is 19.7 Å². The predicted molar refractivity (Wildman–Crippen MR) is 65.8 cm³/mol. The highest BCUT2D eigenvalue weighted by atomic mass is 16.5. The van der Waals surface area contributed by atoms with Crippen LogP contribution in [-0.4, -0.2) is 29.0 Å². The van der Waals surface area contributed by atoms with Crippen molar-refractivity contribution in [2.75, 3.05) is 13.1 Å². The molecule has 0 radical (unpaired) electrons. The zero-order chi connectivity index (χ0) is 12.0. The van der Waals surface area contributed by atoms with Gasteiger partial charge in [0.1, 0.15) is 6.10 Å². The lowest BCUT2D eigenvalue weighted by Gasteiger charge is -2.17. The van der Waals surface area contributed by atoms with Crippen LogP contribution in [0.5, 0.6) is 5.88 Å². The summed E-state index contributed by atoms with van der Waals surface area (Å²) in [5.41, 5.74) is 0.994. The zero-order valence-electron chi connectivity index (χ0n) is 10.8. The van der Waals surface area contributed by atoms with Crippen LogP contribution < -0.4 is 10.1 Å². The molecule has 16 heavy (non-hydrogen) atoms. The normalized spacial score (nSPS) is 12.8. The molecule has 0 spiro atoms. The van der Waals surface area contributed by atoms with E-state index in [0.29, 0.717) is 0 Å². The summed E-state index contributed by atoms with van der Waals surface area (Å²) in [6, 6.07) is 1.97. The number of rotatable bonds is 7. The molecule has 0 saturated heterocycles. The average molecular weight is 225 g/mol. The Morgan fingerprint density at radius 3 is 2.75 bits per heavy atom. The molecular formula is C12H23N3O. The molecule has 0 fully saturated rings. The molecule has 1 rings (SSSR count). The third kappa shape index (κ3) is 3.85. The van der Waals surface area contributed by atoms with Gasteiger partial charge in [0.25, 0.3) is 0 Å². The number of aryl methyl sites for hydroxylation is 2. The Kier molecular flexibility index (Phi) is 5.32. The molecule has 0 aliphatic rings. The minimum atomic E-state index is 0.223. The molecule has 0 aliphatic carbocycles. The van der Waals surface area contributed by atoms with E-state index >= 15 is 0 Å². The summed E-state index contributed by atoms with van der Waals surface area (Å²) in [7, 11) is 1.91. The number of hydrogen-bond donors (Lipinski definition) is 1. The van der Waals surface area contributed by atoms with Crippen molar-refractivity contribution in [3.05, 3.63) is 11.8 Å². The lowest BCUT2D eigenvalue weighted by atomic mass is 10.2. The first kappa shape index (κ1) is 13.0. The molecule has 92 valence electrons. The second kappa shape index (κ2) is 6.53. The van der Waals surface area contributed by atoms with E-state index in [2.05, 4.69) is 24.3 Å². The molecule has 1 aromatic rings. The summed E-state index contributed by atoms with van der Waals surface area (Å²) >= 11 is 0. The van der Waals surface area contributed by atoms with Crippen molar-refractivity contribution in [1.82, 2.24) is 15.1 Å². The van der Waals surface area contributed by atoms with Gasteiger partial charge in [-0.1, -0.05) is 13.8 Å². The molecule has 1 atom stereocenters. The first-order valence-electron chi connectivity index (χ1n) is 6.05. The monoisotopic (exact) mass is 225 g/mol. The molecule has 0 saturated carbocycles. The molecule has 1 N–H and O–H groups in total. The maximum atomic E-state index is 5.90. The Bertz CT molecular complexity index is 309. The van der Waals surface area contributed by atoms with Gasteiger partial charge in [-0.3, -0.25) is 0 Å². The van der Waals surface area contributed by atoms with E-state index in [-0.39, 0.29) is 6.10 Å². The third-order valence-electron chi connectivity index (χ3n) is 2.50. The number of nitrogens with one attached hydrogen (secondary N) is 1. The van der Waals surface area contributed by atoms with E-state index in [1.165, 1.54) is 0 Å². The standard InChI is InChI=1S/C12H23N3O/c1-5-7-13-9-11(6-2)16-12-8-10(3)14-15(12)4/h8,11,13H,5-7,9H2,1-4H3. The summed E-state index contributed by atoms with van der Waals surface area (Å²) < 4.78 is 7.69. The highest BCUT2D eigenvalue weighted by molar-refractivity contribution is 5.14. The minimum absolute atomic E-state index is 0.223. The minimum Gasteiger partial charge on any atom is -0.473 e. The van der Waals surface area contributed by atoms with Crippen LogP contribution in [0, 0.1) is 6.92 Å². The van der Waals surface area contributed by atoms with Gasteiger partial charge in [-0.25, -0.2) is 4.68 Å². The summed E-state index contributed by atoms with van der Waals surface area (Å²) in [6.07, 6.45) is 2.38. The summed E-state index contributed by atoms with van der Waals surface area (Å²) in [5, 5.41) is 7.64. The Morgan fingerprint density at radius 1 is 1.50 bits per heavy atom. The Labute approximate surface area is 98.0 Å². The van der Waals surface area contributed by atoms with E-state index < -0.39 is 0 Å². The van der Waals surface area contributed by atoms with Gasteiger partial charge >= 0.3 is 0 Å². The van der Waals surface area contributed by atoms with Crippen LogP contribution >= 0.6 is 0 Å². The van der Waals surface area contributed by atoms with Crippen molar-refractivity contribution in [3.8, 4) is 5.88 Å². The molecule has 4 nitrogen and oxygen atoms in total. The van der Waals surface area contributed by atoms with Gasteiger partial charge in [-0.05, 0) is 26.3 Å². The maximum Gasteiger partial charge on any atom is 0.212 e. The molecule has 1 aromatic heterocycles. The second-order valence-electron chi connectivity index (χ2n) is 4.10. The first-order chi connectivity index (χ1) is 7.67. The van der Waals surface area contributed by atoms with Crippen molar-refractivity contribution < 1.29 is 4.74 Å². The lowest BCUT2D eigenvalue weighted by Crippen LogP contribution is -2.31. The number of hydrogen-bond acceptors (Lipinski definition) is 3. The van der Waals surface area contributed by atoms with Gasteiger partial charge in [0.15, 0.2) is 0 Å². The Morgan fingerprint density at radius 2 is 2.25 bits per heavy atom. The van der Waals surface area contributed by atoms with Crippen molar-refractivity contribution in [1.29, 1.82) is 0 Å². The highest BCUT2D eigenvalue weighted by Crippen LogP contribution is 2.13. The zero-order valence-corrected chi connectivity index (χ0v) is 10.8. The van der Waals surface area contributed by atoms with Crippen molar-refractivity contribution in [2.45, 2.75) is 39.7 Å². The van der Waals surface area contributed by atoms with Gasteiger partial charge in [-0.15, -0.1) is 0 Å². The number of ether oxygens (including phenoxy) is 1. The van der Waals surface area contributed by atoms with Crippen LogP contribution in [0.4, 0.5) is 0 Å². The summed E-state index contributed by atoms with van der Waals surface area (Å²) in [4.78, 5) is 0. The first-order valence-corrected chi connectivity index (χ1v) is 6.05. The van der Waals surface area contributed by atoms with E-state index in [0.717, 1.165) is 37.5 Å². The fraction of sp³-hybridized carbons (Fsp3) is 0.750. The van der Waals surface area contributed by atoms with Gasteiger partial charge < -0.3 is 10.1 Å². The van der Waals surface area contributed by atoms with E-state index in [4.69, 9.17) is 4.74 Å². The van der Waals surface area contributed by atoms with Crippen LogP contribution in [0.2, 0.25) is 0 Å². The lowest BCUT2D eigenvalue weighted by molar-refractivity contribution is 0.177. The van der Waals surface area contributed by atoms with Gasteiger partial charge in [0.05, 0.1) is 5.69 Å². The largest absolute Gasteiger partial charge is 0.473 e. The van der Waals surface area contributed by atoms with Crippen molar-refractivity contribution in [2.24, 2.45) is 7.05 Å². The summed E-state index contributed by atoms with van der Waals surface area (Å²) in [5.74, 6) is 0.850. The van der Waals surface area contributed by atoms with Gasteiger partial charge in [-0.2, -0.15) is 5.10 Å². The van der Waals surface area contributed by atoms with Crippen LogP contribution in [0.15, 0.2) is 6.07 Å². The van der Waals surface area contributed by atoms with E-state index in [1.807, 2.05) is 20.0 Å². The SMILES string of the molecule is CCCNCC(CC)Oc1cc(C)nn1C. The fourth-order valence-electron chi connectivity index (χ4n) is 1.58. The topological polar surface area (TPSA) is 39.1 Å². The third-order valence-corrected chi connectivity index (χ3v) is 2.50. The number of aromatic nitrogens is 2. The quantitative estimate of drug-likeness (QED) is 0.720. The molecule has 0 aromatic carbocycles. The van der Waals surface area contributed by atoms with E-state index in [1.54, 1.807) is 4.68 Å². The van der Waals surface area contributed by atoms with Crippen LogP contribution in [0.3, 0.4) is 0 Å². The smallest absolute Gasteiger partial charge is 0.212 e. The predicted octanol–water partition coefficient (Wildman–Crippen LogP) is 1.89. The van der Waals surface area contributed by atoms with Crippen LogP contribution in [-0.2, 0) is 7.05 Å².